The molecule has 0 saturated heterocycles. The predicted octanol–water partition coefficient (Wildman–Crippen LogP) is 4.99. The van der Waals surface area contributed by atoms with Crippen molar-refractivity contribution in [3.05, 3.63) is 22.7 Å². The SMILES string of the molecule is C[SiH](C)C(C)(C)COc1ccc(OC(F)(F)F)c(Br)c1. The van der Waals surface area contributed by atoms with Crippen LogP contribution >= 0.6 is 15.9 Å². The van der Waals surface area contributed by atoms with E-state index < -0.39 is 15.2 Å². The van der Waals surface area contributed by atoms with E-state index >= 15 is 0 Å². The normalized spacial score (nSPS) is 12.7. The second kappa shape index (κ2) is 6.38. The Kier molecular flexibility index (Phi) is 5.54. The molecule has 0 unspecified atom stereocenters. The highest BCUT2D eigenvalue weighted by Gasteiger charge is 2.32. The van der Waals surface area contributed by atoms with Crippen molar-refractivity contribution in [1.29, 1.82) is 0 Å². The average Bonchev–Trinajstić information content (AvgIpc) is 2.28. The standard InChI is InChI=1S/C13H18BrF3O2Si/c1-12(2,20(3)4)8-18-9-5-6-11(10(14)7-9)19-13(15,16)17/h5-7,20H,8H2,1-4H3. The maximum absolute atomic E-state index is 12.1. The number of alkyl halides is 3. The van der Waals surface area contributed by atoms with E-state index in [9.17, 15) is 13.2 Å². The van der Waals surface area contributed by atoms with Gasteiger partial charge in [0, 0.05) is 8.80 Å². The fourth-order valence-corrected chi connectivity index (χ4v) is 2.07. The third-order valence-electron chi connectivity index (χ3n) is 3.30. The molecular weight excluding hydrogens is 353 g/mol. The highest BCUT2D eigenvalue weighted by molar-refractivity contribution is 9.10. The van der Waals surface area contributed by atoms with E-state index in [0.29, 0.717) is 12.4 Å². The lowest BCUT2D eigenvalue weighted by Crippen LogP contribution is -2.27. The van der Waals surface area contributed by atoms with Crippen molar-refractivity contribution in [2.45, 2.75) is 38.3 Å². The molecule has 1 aromatic rings. The van der Waals surface area contributed by atoms with E-state index in [-0.39, 0.29) is 15.3 Å². The zero-order chi connectivity index (χ0) is 15.6. The van der Waals surface area contributed by atoms with Gasteiger partial charge in [-0.15, -0.1) is 13.2 Å². The van der Waals surface area contributed by atoms with Crippen molar-refractivity contribution in [2.75, 3.05) is 6.61 Å². The molecule has 0 aliphatic rings. The Labute approximate surface area is 127 Å². The van der Waals surface area contributed by atoms with Gasteiger partial charge in [0.25, 0.3) is 0 Å². The molecule has 0 aliphatic carbocycles. The summed E-state index contributed by atoms with van der Waals surface area (Å²) >= 11 is 3.05. The van der Waals surface area contributed by atoms with Crippen LogP contribution < -0.4 is 9.47 Å². The Morgan fingerprint density at radius 2 is 1.80 bits per heavy atom. The molecule has 0 spiro atoms. The van der Waals surface area contributed by atoms with E-state index in [0.717, 1.165) is 0 Å². The quantitative estimate of drug-likeness (QED) is 0.679. The van der Waals surface area contributed by atoms with Crippen molar-refractivity contribution in [3.63, 3.8) is 0 Å². The Morgan fingerprint density at radius 1 is 1.20 bits per heavy atom. The summed E-state index contributed by atoms with van der Waals surface area (Å²) in [5.74, 6) is 0.247. The van der Waals surface area contributed by atoms with Crippen molar-refractivity contribution < 1.29 is 22.6 Å². The fourth-order valence-electron chi connectivity index (χ4n) is 1.21. The van der Waals surface area contributed by atoms with Gasteiger partial charge in [-0.1, -0.05) is 26.9 Å². The van der Waals surface area contributed by atoms with Crippen LogP contribution in [0.15, 0.2) is 22.7 Å². The van der Waals surface area contributed by atoms with Gasteiger partial charge in [-0.2, -0.15) is 0 Å². The minimum absolute atomic E-state index is 0.119. The van der Waals surface area contributed by atoms with Crippen molar-refractivity contribution >= 4 is 24.7 Å². The first-order valence-corrected chi connectivity index (χ1v) is 9.87. The molecule has 0 bridgehead atoms. The Balaban J connectivity index is 2.73. The molecule has 0 heterocycles. The van der Waals surface area contributed by atoms with Crippen LogP contribution in [0.4, 0.5) is 13.2 Å². The van der Waals surface area contributed by atoms with Crippen LogP contribution in [-0.2, 0) is 0 Å². The summed E-state index contributed by atoms with van der Waals surface area (Å²) in [4.78, 5) is 0. The summed E-state index contributed by atoms with van der Waals surface area (Å²) in [5, 5.41) is 0.119. The molecule has 20 heavy (non-hydrogen) atoms. The van der Waals surface area contributed by atoms with Gasteiger partial charge >= 0.3 is 6.36 Å². The lowest BCUT2D eigenvalue weighted by Gasteiger charge is -2.28. The molecule has 1 aromatic carbocycles. The van der Waals surface area contributed by atoms with Gasteiger partial charge in [0.2, 0.25) is 0 Å². The number of hydrogen-bond acceptors (Lipinski definition) is 2. The smallest absolute Gasteiger partial charge is 0.493 e. The highest BCUT2D eigenvalue weighted by atomic mass is 79.9. The van der Waals surface area contributed by atoms with Crippen LogP contribution in [0, 0.1) is 0 Å². The number of ether oxygens (including phenoxy) is 2. The minimum Gasteiger partial charge on any atom is -0.493 e. The molecule has 0 fully saturated rings. The van der Waals surface area contributed by atoms with Gasteiger partial charge in [0.05, 0.1) is 11.1 Å². The van der Waals surface area contributed by atoms with Gasteiger partial charge in [0.1, 0.15) is 11.5 Å². The van der Waals surface area contributed by atoms with Crippen LogP contribution in [0.1, 0.15) is 13.8 Å². The minimum atomic E-state index is -4.70. The first-order valence-electron chi connectivity index (χ1n) is 6.19. The second-order valence-corrected chi connectivity index (χ2v) is 10.3. The molecule has 0 amide bonds. The van der Waals surface area contributed by atoms with Gasteiger partial charge < -0.3 is 9.47 Å². The Bertz CT molecular complexity index is 461. The van der Waals surface area contributed by atoms with E-state index in [2.05, 4.69) is 47.6 Å². The first kappa shape index (κ1) is 17.4. The van der Waals surface area contributed by atoms with Crippen LogP contribution in [-0.4, -0.2) is 21.8 Å². The lowest BCUT2D eigenvalue weighted by molar-refractivity contribution is -0.274. The largest absolute Gasteiger partial charge is 0.573 e. The first-order chi connectivity index (χ1) is 9.01. The zero-order valence-electron chi connectivity index (χ0n) is 11.8. The molecule has 0 N–H and O–H groups in total. The Morgan fingerprint density at radius 3 is 2.25 bits per heavy atom. The molecule has 2 nitrogen and oxygen atoms in total. The van der Waals surface area contributed by atoms with Crippen molar-refractivity contribution in [2.24, 2.45) is 0 Å². The van der Waals surface area contributed by atoms with E-state index in [1.54, 1.807) is 0 Å². The molecule has 0 aromatic heterocycles. The molecule has 1 rings (SSSR count). The summed E-state index contributed by atoms with van der Waals surface area (Å²) in [5.41, 5.74) is 0. The maximum Gasteiger partial charge on any atom is 0.573 e. The maximum atomic E-state index is 12.1. The average molecular weight is 371 g/mol. The molecule has 0 saturated carbocycles. The van der Waals surface area contributed by atoms with Crippen LogP contribution in [0.5, 0.6) is 11.5 Å². The van der Waals surface area contributed by atoms with Gasteiger partial charge in [-0.3, -0.25) is 0 Å². The van der Waals surface area contributed by atoms with Crippen molar-refractivity contribution in [1.82, 2.24) is 0 Å². The molecular formula is C13H18BrF3O2Si. The van der Waals surface area contributed by atoms with Gasteiger partial charge in [0.15, 0.2) is 0 Å². The van der Waals surface area contributed by atoms with E-state index in [4.69, 9.17) is 4.74 Å². The molecule has 0 aliphatic heterocycles. The number of benzene rings is 1. The zero-order valence-corrected chi connectivity index (χ0v) is 14.6. The topological polar surface area (TPSA) is 18.5 Å². The molecule has 7 heteroatoms. The van der Waals surface area contributed by atoms with Gasteiger partial charge in [-0.25, -0.2) is 0 Å². The van der Waals surface area contributed by atoms with Crippen LogP contribution in [0.25, 0.3) is 0 Å². The molecule has 0 atom stereocenters. The number of halogens is 4. The van der Waals surface area contributed by atoms with E-state index in [1.807, 2.05) is 0 Å². The van der Waals surface area contributed by atoms with E-state index in [1.165, 1.54) is 18.2 Å². The lowest BCUT2D eigenvalue weighted by atomic mass is 10.2. The highest BCUT2D eigenvalue weighted by Crippen LogP contribution is 2.35. The Hall–Kier alpha value is -0.693. The number of hydrogen-bond donors (Lipinski definition) is 0. The third-order valence-corrected chi connectivity index (χ3v) is 7.22. The monoisotopic (exact) mass is 370 g/mol. The summed E-state index contributed by atoms with van der Waals surface area (Å²) < 4.78 is 46.2. The molecule has 114 valence electrons. The van der Waals surface area contributed by atoms with Crippen LogP contribution in [0.2, 0.25) is 18.1 Å². The summed E-state index contributed by atoms with van der Waals surface area (Å²) in [7, 11) is -0.882. The van der Waals surface area contributed by atoms with Crippen molar-refractivity contribution in [3.8, 4) is 11.5 Å². The second-order valence-electron chi connectivity index (χ2n) is 5.57. The summed E-state index contributed by atoms with van der Waals surface area (Å²) in [6.07, 6.45) is -4.70. The predicted molar refractivity (Wildman–Crippen MR) is 79.2 cm³/mol. The molecule has 0 radical (unpaired) electrons. The van der Waals surface area contributed by atoms with Crippen LogP contribution in [0.3, 0.4) is 0 Å². The van der Waals surface area contributed by atoms with Gasteiger partial charge in [-0.05, 0) is 39.2 Å². The third kappa shape index (κ3) is 5.36. The fraction of sp³-hybridized carbons (Fsp3) is 0.538. The number of rotatable bonds is 5. The summed E-state index contributed by atoms with van der Waals surface area (Å²) in [6.45, 7) is 9.29. The summed E-state index contributed by atoms with van der Waals surface area (Å²) in [6, 6.07) is 4.20.